The number of nitrogens with one attached hydrogen (secondary N) is 1. The Balaban J connectivity index is 1.47. The monoisotopic (exact) mass is 329 g/mol. The Morgan fingerprint density at radius 3 is 2.96 bits per heavy atom. The van der Waals surface area contributed by atoms with Gasteiger partial charge in [-0.2, -0.15) is 0 Å². The van der Waals surface area contributed by atoms with Gasteiger partial charge in [-0.1, -0.05) is 29.8 Å². The zero-order chi connectivity index (χ0) is 16.1. The number of carbonyl (C=O) groups is 1. The molecule has 0 radical (unpaired) electrons. The van der Waals surface area contributed by atoms with Crippen LogP contribution in [0.25, 0.3) is 0 Å². The van der Waals surface area contributed by atoms with Crippen LogP contribution in [0.15, 0.2) is 48.7 Å². The van der Waals surface area contributed by atoms with Gasteiger partial charge in [-0.3, -0.25) is 9.78 Å². The quantitative estimate of drug-likeness (QED) is 0.886. The molecular weight excluding hydrogens is 310 g/mol. The van der Waals surface area contributed by atoms with Crippen molar-refractivity contribution in [1.29, 1.82) is 0 Å². The summed E-state index contributed by atoms with van der Waals surface area (Å²) in [4.78, 5) is 18.3. The molecule has 1 amide bonds. The minimum absolute atomic E-state index is 0.198. The normalized spacial score (nSPS) is 17.7. The molecule has 1 fully saturated rings. The van der Waals surface area contributed by atoms with E-state index in [9.17, 15) is 4.79 Å². The third-order valence-corrected chi connectivity index (χ3v) is 4.31. The Labute approximate surface area is 141 Å². The summed E-state index contributed by atoms with van der Waals surface area (Å²) in [6.07, 6.45) is 3.18. The fraction of sp³-hybridized carbons (Fsp3) is 0.333. The fourth-order valence-electron chi connectivity index (χ4n) is 2.83. The Hall–Kier alpha value is -1.91. The van der Waals surface area contributed by atoms with E-state index in [0.717, 1.165) is 35.8 Å². The molecule has 1 N–H and O–H groups in total. The van der Waals surface area contributed by atoms with E-state index in [0.29, 0.717) is 13.0 Å². The minimum atomic E-state index is 0.198. The van der Waals surface area contributed by atoms with E-state index in [-0.39, 0.29) is 11.9 Å². The van der Waals surface area contributed by atoms with Gasteiger partial charge in [0.15, 0.2) is 0 Å². The lowest BCUT2D eigenvalue weighted by Crippen LogP contribution is -2.33. The molecule has 1 saturated heterocycles. The second-order valence-electron chi connectivity index (χ2n) is 5.82. The molecule has 0 bridgehead atoms. The third-order valence-electron chi connectivity index (χ3n) is 4.07. The van der Waals surface area contributed by atoms with Crippen molar-refractivity contribution in [3.63, 3.8) is 0 Å². The van der Waals surface area contributed by atoms with Crippen molar-refractivity contribution in [2.75, 3.05) is 13.1 Å². The van der Waals surface area contributed by atoms with E-state index in [1.54, 1.807) is 6.20 Å². The van der Waals surface area contributed by atoms with Gasteiger partial charge in [0, 0.05) is 43.3 Å². The first-order valence-corrected chi connectivity index (χ1v) is 8.24. The molecule has 23 heavy (non-hydrogen) atoms. The fourth-order valence-corrected chi connectivity index (χ4v) is 3.05. The number of amides is 1. The van der Waals surface area contributed by atoms with Crippen molar-refractivity contribution in [3.05, 3.63) is 64.9 Å². The summed E-state index contributed by atoms with van der Waals surface area (Å²) in [5, 5.41) is 4.16. The highest BCUT2D eigenvalue weighted by molar-refractivity contribution is 6.30. The van der Waals surface area contributed by atoms with Gasteiger partial charge in [0.25, 0.3) is 0 Å². The molecule has 0 spiro atoms. The van der Waals surface area contributed by atoms with Gasteiger partial charge >= 0.3 is 0 Å². The molecular formula is C18H20ClN3O. The summed E-state index contributed by atoms with van der Waals surface area (Å²) in [7, 11) is 0. The van der Waals surface area contributed by atoms with Crippen LogP contribution >= 0.6 is 11.6 Å². The predicted octanol–water partition coefficient (Wildman–Crippen LogP) is 2.67. The van der Waals surface area contributed by atoms with Crippen LogP contribution in [0.5, 0.6) is 0 Å². The van der Waals surface area contributed by atoms with E-state index in [1.807, 2.05) is 47.4 Å². The lowest BCUT2D eigenvalue weighted by Gasteiger charge is -2.17. The average molecular weight is 330 g/mol. The predicted molar refractivity (Wildman–Crippen MR) is 91.2 cm³/mol. The van der Waals surface area contributed by atoms with Crippen molar-refractivity contribution in [2.45, 2.75) is 25.4 Å². The molecule has 1 unspecified atom stereocenters. The smallest absolute Gasteiger partial charge is 0.224 e. The van der Waals surface area contributed by atoms with E-state index >= 15 is 0 Å². The van der Waals surface area contributed by atoms with Gasteiger partial charge < -0.3 is 10.2 Å². The van der Waals surface area contributed by atoms with Gasteiger partial charge in [0.05, 0.1) is 5.69 Å². The topological polar surface area (TPSA) is 45.2 Å². The lowest BCUT2D eigenvalue weighted by molar-refractivity contribution is -0.127. The van der Waals surface area contributed by atoms with Gasteiger partial charge in [0.2, 0.25) is 5.91 Å². The summed E-state index contributed by atoms with van der Waals surface area (Å²) in [6, 6.07) is 13.9. The first-order valence-electron chi connectivity index (χ1n) is 7.86. The molecule has 1 aromatic carbocycles. The Morgan fingerprint density at radius 2 is 2.17 bits per heavy atom. The number of pyridine rings is 1. The van der Waals surface area contributed by atoms with Crippen molar-refractivity contribution < 1.29 is 4.79 Å². The summed E-state index contributed by atoms with van der Waals surface area (Å²) in [5.74, 6) is 0.213. The Kier molecular flexibility index (Phi) is 5.26. The van der Waals surface area contributed by atoms with Crippen LogP contribution in [0.1, 0.15) is 17.7 Å². The van der Waals surface area contributed by atoms with Crippen molar-refractivity contribution >= 4 is 17.5 Å². The molecule has 1 aliphatic heterocycles. The molecule has 4 nitrogen and oxygen atoms in total. The van der Waals surface area contributed by atoms with Crippen molar-refractivity contribution in [1.82, 2.24) is 15.2 Å². The first kappa shape index (κ1) is 16.0. The zero-order valence-electron chi connectivity index (χ0n) is 12.9. The number of hydrogen-bond donors (Lipinski definition) is 1. The van der Waals surface area contributed by atoms with E-state index in [4.69, 9.17) is 11.6 Å². The number of rotatable bonds is 6. The van der Waals surface area contributed by atoms with Crippen LogP contribution in [0.3, 0.4) is 0 Å². The van der Waals surface area contributed by atoms with Gasteiger partial charge in [0.1, 0.15) is 0 Å². The highest BCUT2D eigenvalue weighted by atomic mass is 35.5. The maximum atomic E-state index is 12.1. The first-order chi connectivity index (χ1) is 11.2. The molecule has 0 saturated carbocycles. The van der Waals surface area contributed by atoms with Gasteiger partial charge in [-0.15, -0.1) is 0 Å². The molecule has 0 aliphatic carbocycles. The maximum absolute atomic E-state index is 12.1. The van der Waals surface area contributed by atoms with Crippen LogP contribution in [-0.4, -0.2) is 34.9 Å². The minimum Gasteiger partial charge on any atom is -0.341 e. The van der Waals surface area contributed by atoms with E-state index in [1.165, 1.54) is 0 Å². The standard InChI is InChI=1S/C18H20ClN3O/c19-15-5-3-4-14(10-15)7-9-22-13-17(11-18(22)23)21-12-16-6-1-2-8-20-16/h1-6,8,10,17,21H,7,9,11-13H2. The number of hydrogen-bond acceptors (Lipinski definition) is 3. The molecule has 1 atom stereocenters. The Bertz CT molecular complexity index is 662. The molecule has 2 aromatic rings. The summed E-state index contributed by atoms with van der Waals surface area (Å²) in [5.41, 5.74) is 2.16. The van der Waals surface area contributed by atoms with Gasteiger partial charge in [-0.05, 0) is 36.2 Å². The number of likely N-dealkylation sites (tertiary alicyclic amines) is 1. The molecule has 2 heterocycles. The highest BCUT2D eigenvalue weighted by Crippen LogP contribution is 2.15. The second-order valence-corrected chi connectivity index (χ2v) is 6.26. The van der Waals surface area contributed by atoms with Gasteiger partial charge in [-0.25, -0.2) is 0 Å². The van der Waals surface area contributed by atoms with Crippen LogP contribution in [0.4, 0.5) is 0 Å². The molecule has 1 aromatic heterocycles. The van der Waals surface area contributed by atoms with E-state index in [2.05, 4.69) is 10.3 Å². The van der Waals surface area contributed by atoms with Crippen LogP contribution in [-0.2, 0) is 17.8 Å². The number of benzene rings is 1. The molecule has 120 valence electrons. The number of aromatic nitrogens is 1. The number of halogens is 1. The van der Waals surface area contributed by atoms with Crippen LogP contribution in [0, 0.1) is 0 Å². The van der Waals surface area contributed by atoms with Crippen molar-refractivity contribution in [3.8, 4) is 0 Å². The molecule has 5 heteroatoms. The average Bonchev–Trinajstić information content (AvgIpc) is 2.92. The van der Waals surface area contributed by atoms with Crippen LogP contribution in [0.2, 0.25) is 5.02 Å². The third kappa shape index (κ3) is 4.53. The second kappa shape index (κ2) is 7.57. The summed E-state index contributed by atoms with van der Waals surface area (Å²) in [6.45, 7) is 2.19. The summed E-state index contributed by atoms with van der Waals surface area (Å²) < 4.78 is 0. The van der Waals surface area contributed by atoms with Crippen molar-refractivity contribution in [2.24, 2.45) is 0 Å². The maximum Gasteiger partial charge on any atom is 0.224 e. The lowest BCUT2D eigenvalue weighted by atomic mass is 10.1. The van der Waals surface area contributed by atoms with E-state index < -0.39 is 0 Å². The SMILES string of the molecule is O=C1CC(NCc2ccccn2)CN1CCc1cccc(Cl)c1. The number of carbonyl (C=O) groups excluding carboxylic acids is 1. The number of nitrogens with zero attached hydrogens (tertiary/aromatic N) is 2. The zero-order valence-corrected chi connectivity index (χ0v) is 13.7. The largest absolute Gasteiger partial charge is 0.341 e. The molecule has 3 rings (SSSR count). The van der Waals surface area contributed by atoms with Crippen LogP contribution < -0.4 is 5.32 Å². The highest BCUT2D eigenvalue weighted by Gasteiger charge is 2.28. The Morgan fingerprint density at radius 1 is 1.26 bits per heavy atom. The molecule has 1 aliphatic rings. The summed E-state index contributed by atoms with van der Waals surface area (Å²) >= 11 is 6.00.